The summed E-state index contributed by atoms with van der Waals surface area (Å²) in [6, 6.07) is 2.45. The molecule has 0 aliphatic heterocycles. The molecular formula is C9H6F2OS2. The van der Waals surface area contributed by atoms with Crippen LogP contribution in [-0.2, 0) is 0 Å². The Bertz CT molecular complexity index is 479. The third-order valence-corrected chi connectivity index (χ3v) is 3.47. The normalized spacial score (nSPS) is 11.4. The van der Waals surface area contributed by atoms with Crippen molar-refractivity contribution in [2.75, 3.05) is 0 Å². The zero-order valence-electron chi connectivity index (χ0n) is 6.87. The van der Waals surface area contributed by atoms with Gasteiger partial charge in [-0.3, -0.25) is 0 Å². The number of fused-ring (bicyclic) bond motifs is 1. The number of benzene rings is 1. The molecule has 0 aliphatic rings. The zero-order chi connectivity index (χ0) is 10.3. The lowest BCUT2D eigenvalue weighted by Crippen LogP contribution is -1.83. The van der Waals surface area contributed by atoms with Crippen molar-refractivity contribution in [3.8, 4) is 5.75 Å². The molecule has 0 fully saturated rings. The van der Waals surface area contributed by atoms with E-state index in [-0.39, 0.29) is 11.3 Å². The van der Waals surface area contributed by atoms with Crippen LogP contribution in [0, 0.1) is 0 Å². The third kappa shape index (κ3) is 1.46. The molecule has 1 aromatic carbocycles. The first-order valence-electron chi connectivity index (χ1n) is 3.81. The van der Waals surface area contributed by atoms with Crippen LogP contribution in [0.3, 0.4) is 0 Å². The molecule has 2 aromatic rings. The number of thiophene rings is 1. The van der Waals surface area contributed by atoms with E-state index in [4.69, 9.17) is 0 Å². The molecule has 14 heavy (non-hydrogen) atoms. The number of rotatable bonds is 1. The van der Waals surface area contributed by atoms with Crippen molar-refractivity contribution < 1.29 is 13.9 Å². The largest absolute Gasteiger partial charge is 0.506 e. The fourth-order valence-corrected chi connectivity index (χ4v) is 2.50. The van der Waals surface area contributed by atoms with Crippen molar-refractivity contribution in [1.29, 1.82) is 0 Å². The first kappa shape index (κ1) is 9.73. The summed E-state index contributed by atoms with van der Waals surface area (Å²) in [4.78, 5) is 0.614. The van der Waals surface area contributed by atoms with Gasteiger partial charge in [0, 0.05) is 21.2 Å². The van der Waals surface area contributed by atoms with E-state index in [2.05, 4.69) is 12.6 Å². The number of aromatic hydroxyl groups is 1. The van der Waals surface area contributed by atoms with Gasteiger partial charge in [-0.25, -0.2) is 8.78 Å². The van der Waals surface area contributed by atoms with E-state index in [1.54, 1.807) is 5.38 Å². The number of phenolic OH excluding ortho intramolecular Hbond substituents is 1. The summed E-state index contributed by atoms with van der Waals surface area (Å²) in [5, 5.41) is 11.7. The highest BCUT2D eigenvalue weighted by Crippen LogP contribution is 2.38. The molecule has 74 valence electrons. The second kappa shape index (κ2) is 3.40. The minimum absolute atomic E-state index is 0.108. The molecule has 0 saturated carbocycles. The van der Waals surface area contributed by atoms with E-state index in [1.165, 1.54) is 17.4 Å². The van der Waals surface area contributed by atoms with Gasteiger partial charge in [0.15, 0.2) is 0 Å². The van der Waals surface area contributed by atoms with Gasteiger partial charge in [-0.15, -0.1) is 24.0 Å². The summed E-state index contributed by atoms with van der Waals surface area (Å²) in [5.74, 6) is -0.108. The van der Waals surface area contributed by atoms with Crippen LogP contribution in [0.25, 0.3) is 10.1 Å². The van der Waals surface area contributed by atoms with Gasteiger partial charge < -0.3 is 5.11 Å². The molecule has 0 amide bonds. The number of hydrogen-bond donors (Lipinski definition) is 2. The summed E-state index contributed by atoms with van der Waals surface area (Å²) < 4.78 is 25.4. The molecule has 1 heterocycles. The van der Waals surface area contributed by atoms with Crippen LogP contribution >= 0.6 is 24.0 Å². The minimum Gasteiger partial charge on any atom is -0.506 e. The topological polar surface area (TPSA) is 20.2 Å². The summed E-state index contributed by atoms with van der Waals surface area (Å²) in [6.07, 6.45) is -2.57. The molecule has 1 aromatic heterocycles. The van der Waals surface area contributed by atoms with Gasteiger partial charge >= 0.3 is 0 Å². The molecule has 1 N–H and O–H groups in total. The molecular weight excluding hydrogens is 226 g/mol. The van der Waals surface area contributed by atoms with Crippen molar-refractivity contribution in [3.05, 3.63) is 23.1 Å². The van der Waals surface area contributed by atoms with Gasteiger partial charge in [-0.1, -0.05) is 0 Å². The van der Waals surface area contributed by atoms with Gasteiger partial charge in [0.1, 0.15) is 5.75 Å². The number of alkyl halides is 2. The fraction of sp³-hybridized carbons (Fsp3) is 0.111. The Balaban J connectivity index is 2.75. The zero-order valence-corrected chi connectivity index (χ0v) is 8.58. The molecule has 0 aliphatic carbocycles. The van der Waals surface area contributed by atoms with Crippen LogP contribution in [-0.4, -0.2) is 5.11 Å². The monoisotopic (exact) mass is 232 g/mol. The van der Waals surface area contributed by atoms with Crippen molar-refractivity contribution in [2.45, 2.75) is 11.3 Å². The number of thiol groups is 1. The van der Waals surface area contributed by atoms with Gasteiger partial charge in [-0.2, -0.15) is 0 Å². The van der Waals surface area contributed by atoms with Gasteiger partial charge in [0.25, 0.3) is 6.43 Å². The molecule has 0 saturated heterocycles. The summed E-state index contributed by atoms with van der Waals surface area (Å²) in [7, 11) is 0. The quantitative estimate of drug-likeness (QED) is 0.716. The maximum absolute atomic E-state index is 12.4. The highest BCUT2D eigenvalue weighted by molar-refractivity contribution is 7.80. The van der Waals surface area contributed by atoms with Crippen LogP contribution in [0.4, 0.5) is 8.78 Å². The Hall–Kier alpha value is -0.810. The molecule has 1 nitrogen and oxygen atoms in total. The van der Waals surface area contributed by atoms with Gasteiger partial charge in [-0.05, 0) is 12.1 Å². The second-order valence-corrected chi connectivity index (χ2v) is 4.20. The van der Waals surface area contributed by atoms with Crippen LogP contribution < -0.4 is 0 Å². The Kier molecular flexibility index (Phi) is 2.36. The molecule has 0 radical (unpaired) electrons. The van der Waals surface area contributed by atoms with E-state index in [9.17, 15) is 13.9 Å². The van der Waals surface area contributed by atoms with Crippen molar-refractivity contribution >= 4 is 34.1 Å². The fourth-order valence-electron chi connectivity index (χ4n) is 1.25. The van der Waals surface area contributed by atoms with Crippen LogP contribution in [0.5, 0.6) is 5.75 Å². The predicted octanol–water partition coefficient (Wildman–Crippen LogP) is 3.83. The Morgan fingerprint density at radius 3 is 2.71 bits per heavy atom. The number of halogens is 2. The van der Waals surface area contributed by atoms with Crippen LogP contribution in [0.1, 0.15) is 12.0 Å². The molecule has 0 bridgehead atoms. The Labute approximate surface area is 88.4 Å². The van der Waals surface area contributed by atoms with E-state index in [0.29, 0.717) is 15.0 Å². The highest BCUT2D eigenvalue weighted by atomic mass is 32.1. The lowest BCUT2D eigenvalue weighted by molar-refractivity contribution is 0.151. The minimum atomic E-state index is -2.57. The first-order chi connectivity index (χ1) is 6.59. The summed E-state index contributed by atoms with van der Waals surface area (Å²) >= 11 is 5.41. The molecule has 0 atom stereocenters. The SMILES string of the molecule is Oc1cc(C(F)F)cc2c(S)csc12. The summed E-state index contributed by atoms with van der Waals surface area (Å²) in [6.45, 7) is 0. The molecule has 0 spiro atoms. The Morgan fingerprint density at radius 2 is 2.07 bits per heavy atom. The van der Waals surface area contributed by atoms with E-state index in [0.717, 1.165) is 6.07 Å². The molecule has 5 heteroatoms. The highest BCUT2D eigenvalue weighted by Gasteiger charge is 2.13. The number of hydrogen-bond acceptors (Lipinski definition) is 3. The smallest absolute Gasteiger partial charge is 0.264 e. The van der Waals surface area contributed by atoms with Crippen molar-refractivity contribution in [2.24, 2.45) is 0 Å². The summed E-state index contributed by atoms with van der Waals surface area (Å²) in [5.41, 5.74) is -0.177. The average Bonchev–Trinajstić information content (AvgIpc) is 2.48. The van der Waals surface area contributed by atoms with Crippen molar-refractivity contribution in [1.82, 2.24) is 0 Å². The van der Waals surface area contributed by atoms with E-state index in [1.807, 2.05) is 0 Å². The van der Waals surface area contributed by atoms with Gasteiger partial charge in [0.2, 0.25) is 0 Å². The van der Waals surface area contributed by atoms with Crippen LogP contribution in [0.15, 0.2) is 22.4 Å². The van der Waals surface area contributed by atoms with Crippen molar-refractivity contribution in [3.63, 3.8) is 0 Å². The molecule has 2 rings (SSSR count). The van der Waals surface area contributed by atoms with E-state index >= 15 is 0 Å². The average molecular weight is 232 g/mol. The molecule has 0 unspecified atom stereocenters. The maximum Gasteiger partial charge on any atom is 0.264 e. The third-order valence-electron chi connectivity index (χ3n) is 1.91. The maximum atomic E-state index is 12.4. The second-order valence-electron chi connectivity index (χ2n) is 2.84. The number of phenols is 1. The lowest BCUT2D eigenvalue weighted by Gasteiger charge is -2.02. The lowest BCUT2D eigenvalue weighted by atomic mass is 10.1. The Morgan fingerprint density at radius 1 is 1.36 bits per heavy atom. The van der Waals surface area contributed by atoms with Gasteiger partial charge in [0.05, 0.1) is 4.70 Å². The predicted molar refractivity (Wildman–Crippen MR) is 55.7 cm³/mol. The van der Waals surface area contributed by atoms with Crippen LogP contribution in [0.2, 0.25) is 0 Å². The standard InChI is InChI=1S/C9H6F2OS2/c10-9(11)4-1-5-7(13)3-14-8(5)6(12)2-4/h1-3,9,12-13H. The van der Waals surface area contributed by atoms with E-state index < -0.39 is 6.43 Å². The first-order valence-corrected chi connectivity index (χ1v) is 5.13.